The molecule has 1 aliphatic rings. The van der Waals surface area contributed by atoms with Gasteiger partial charge in [-0.2, -0.15) is 10.4 Å². The number of nitrogens with one attached hydrogen (secondary N) is 3. The summed E-state index contributed by atoms with van der Waals surface area (Å²) in [5.74, 6) is -4.13. The second kappa shape index (κ2) is 10.8. The molecule has 1 aliphatic carbocycles. The molecular formula is C26H29F2N7O4. The standard InChI is InChI=1S/C26H29F2N7O4/c1-25(2,38)26(27,28)14-32-23(36)19-13-30-21(22-5-4-18-8-16(10-29)12-33-35(18)22)9-20(19)34-17-6-15(7-17)11-31-24(37)39-3/h4-5,8-9,12-13,15,17,38H,6-7,11,14H2,1-3H3,(H,30,34)(H,31,37)(H,32,36). The summed E-state index contributed by atoms with van der Waals surface area (Å²) in [4.78, 5) is 28.7. The number of aliphatic hydroxyl groups is 1. The van der Waals surface area contributed by atoms with Crippen molar-refractivity contribution in [3.63, 3.8) is 0 Å². The lowest BCUT2D eigenvalue weighted by atomic mass is 9.80. The van der Waals surface area contributed by atoms with Crippen LogP contribution < -0.4 is 16.0 Å². The first-order chi connectivity index (χ1) is 18.4. The molecule has 0 atom stereocenters. The number of rotatable bonds is 9. The van der Waals surface area contributed by atoms with Crippen LogP contribution in [0.5, 0.6) is 0 Å². The van der Waals surface area contributed by atoms with Crippen molar-refractivity contribution in [3.8, 4) is 17.5 Å². The maximum absolute atomic E-state index is 14.3. The Kier molecular flexibility index (Phi) is 7.69. The van der Waals surface area contributed by atoms with Crippen LogP contribution in [0.4, 0.5) is 19.3 Å². The number of nitrogens with zero attached hydrogens (tertiary/aromatic N) is 4. The number of alkyl carbamates (subject to hydrolysis) is 1. The lowest BCUT2D eigenvalue weighted by Crippen LogP contribution is -2.50. The largest absolute Gasteiger partial charge is 0.453 e. The molecule has 0 aromatic carbocycles. The van der Waals surface area contributed by atoms with Crippen LogP contribution in [0.25, 0.3) is 16.9 Å². The van der Waals surface area contributed by atoms with E-state index >= 15 is 0 Å². The topological polar surface area (TPSA) is 154 Å². The number of carbonyl (C=O) groups excluding carboxylic acids is 2. The Bertz CT molecular complexity index is 1420. The van der Waals surface area contributed by atoms with Gasteiger partial charge in [-0.1, -0.05) is 0 Å². The Balaban J connectivity index is 1.58. The van der Waals surface area contributed by atoms with E-state index in [4.69, 9.17) is 5.26 Å². The van der Waals surface area contributed by atoms with Gasteiger partial charge < -0.3 is 25.8 Å². The molecule has 3 heterocycles. The van der Waals surface area contributed by atoms with Crippen molar-refractivity contribution < 1.29 is 28.2 Å². The van der Waals surface area contributed by atoms with E-state index in [0.29, 0.717) is 47.5 Å². The van der Waals surface area contributed by atoms with Crippen molar-refractivity contribution in [2.24, 2.45) is 5.92 Å². The van der Waals surface area contributed by atoms with E-state index in [1.54, 1.807) is 28.8 Å². The molecule has 13 heteroatoms. The number of nitriles is 1. The van der Waals surface area contributed by atoms with Crippen molar-refractivity contribution in [1.29, 1.82) is 5.26 Å². The number of carbonyl (C=O) groups is 2. The van der Waals surface area contributed by atoms with E-state index < -0.39 is 30.1 Å². The van der Waals surface area contributed by atoms with Gasteiger partial charge >= 0.3 is 6.09 Å². The van der Waals surface area contributed by atoms with Gasteiger partial charge in [0, 0.05) is 18.8 Å². The van der Waals surface area contributed by atoms with Crippen molar-refractivity contribution in [2.75, 3.05) is 25.5 Å². The predicted octanol–water partition coefficient (Wildman–Crippen LogP) is 2.95. The van der Waals surface area contributed by atoms with E-state index in [1.807, 2.05) is 6.07 Å². The first kappa shape index (κ1) is 27.7. The van der Waals surface area contributed by atoms with Crippen LogP contribution in [-0.2, 0) is 4.74 Å². The Hall–Kier alpha value is -4.31. The van der Waals surface area contributed by atoms with Crippen LogP contribution in [0, 0.1) is 17.2 Å². The number of pyridine rings is 1. The predicted molar refractivity (Wildman–Crippen MR) is 137 cm³/mol. The summed E-state index contributed by atoms with van der Waals surface area (Å²) >= 11 is 0. The third-order valence-corrected chi connectivity index (χ3v) is 6.72. The third kappa shape index (κ3) is 6.06. The second-order valence-corrected chi connectivity index (χ2v) is 10.0. The Morgan fingerprint density at radius 3 is 2.64 bits per heavy atom. The van der Waals surface area contributed by atoms with E-state index in [-0.39, 0.29) is 17.5 Å². The summed E-state index contributed by atoms with van der Waals surface area (Å²) < 4.78 is 34.7. The first-order valence-electron chi connectivity index (χ1n) is 12.3. The number of methoxy groups -OCH3 is 1. The second-order valence-electron chi connectivity index (χ2n) is 10.0. The zero-order valence-electron chi connectivity index (χ0n) is 21.7. The fraction of sp³-hybridized carbons (Fsp3) is 0.423. The minimum atomic E-state index is -3.56. The number of aromatic nitrogens is 3. The van der Waals surface area contributed by atoms with Crippen molar-refractivity contribution in [1.82, 2.24) is 25.2 Å². The molecule has 3 aromatic heterocycles. The molecule has 4 rings (SSSR count). The van der Waals surface area contributed by atoms with E-state index in [0.717, 1.165) is 13.8 Å². The fourth-order valence-electron chi connectivity index (χ4n) is 4.19. The quantitative estimate of drug-likeness (QED) is 0.323. The summed E-state index contributed by atoms with van der Waals surface area (Å²) in [5.41, 5.74) is 0.272. The Morgan fingerprint density at radius 2 is 1.97 bits per heavy atom. The lowest BCUT2D eigenvalue weighted by molar-refractivity contribution is -0.156. The van der Waals surface area contributed by atoms with Gasteiger partial charge in [-0.25, -0.2) is 18.1 Å². The summed E-state index contributed by atoms with van der Waals surface area (Å²) in [5, 5.41) is 31.3. The highest BCUT2D eigenvalue weighted by Gasteiger charge is 2.45. The van der Waals surface area contributed by atoms with Gasteiger partial charge in [-0.3, -0.25) is 9.78 Å². The minimum Gasteiger partial charge on any atom is -0.453 e. The molecule has 0 unspecified atom stereocenters. The van der Waals surface area contributed by atoms with Gasteiger partial charge in [0.1, 0.15) is 11.7 Å². The van der Waals surface area contributed by atoms with Gasteiger partial charge in [0.25, 0.3) is 11.8 Å². The molecule has 0 saturated heterocycles. The summed E-state index contributed by atoms with van der Waals surface area (Å²) in [6.45, 7) is 1.33. The Morgan fingerprint density at radius 1 is 1.23 bits per heavy atom. The Labute approximate surface area is 223 Å². The fourth-order valence-corrected chi connectivity index (χ4v) is 4.19. The molecule has 39 heavy (non-hydrogen) atoms. The number of amides is 2. The van der Waals surface area contributed by atoms with Gasteiger partial charge in [-0.15, -0.1) is 0 Å². The zero-order chi connectivity index (χ0) is 28.4. The summed E-state index contributed by atoms with van der Waals surface area (Å²) in [6.07, 6.45) is 3.62. The van der Waals surface area contributed by atoms with Crippen molar-refractivity contribution in [3.05, 3.63) is 47.8 Å². The van der Waals surface area contributed by atoms with Gasteiger partial charge in [0.2, 0.25) is 0 Å². The molecule has 0 bridgehead atoms. The average molecular weight is 542 g/mol. The van der Waals surface area contributed by atoms with Crippen LogP contribution in [0.1, 0.15) is 42.6 Å². The molecule has 0 spiro atoms. The first-order valence-corrected chi connectivity index (χ1v) is 12.3. The highest BCUT2D eigenvalue weighted by atomic mass is 19.3. The van der Waals surface area contributed by atoms with Crippen molar-refractivity contribution >= 4 is 23.2 Å². The number of hydrogen-bond acceptors (Lipinski definition) is 8. The smallest absolute Gasteiger partial charge is 0.406 e. The molecule has 11 nitrogen and oxygen atoms in total. The monoisotopic (exact) mass is 541 g/mol. The van der Waals surface area contributed by atoms with Gasteiger partial charge in [-0.05, 0) is 56.9 Å². The molecule has 1 saturated carbocycles. The molecule has 4 N–H and O–H groups in total. The molecule has 2 amide bonds. The third-order valence-electron chi connectivity index (χ3n) is 6.72. The minimum absolute atomic E-state index is 0.0329. The van der Waals surface area contributed by atoms with Crippen LogP contribution in [0.15, 0.2) is 36.7 Å². The van der Waals surface area contributed by atoms with Gasteiger partial charge in [0.15, 0.2) is 0 Å². The lowest BCUT2D eigenvalue weighted by Gasteiger charge is -2.37. The van der Waals surface area contributed by atoms with Crippen molar-refractivity contribution in [2.45, 2.75) is 44.3 Å². The highest BCUT2D eigenvalue weighted by molar-refractivity contribution is 6.00. The van der Waals surface area contributed by atoms with Crippen LogP contribution in [0.3, 0.4) is 0 Å². The zero-order valence-corrected chi connectivity index (χ0v) is 21.7. The molecule has 206 valence electrons. The van der Waals surface area contributed by atoms with Crippen LogP contribution >= 0.6 is 0 Å². The normalized spacial score (nSPS) is 17.2. The number of anilines is 1. The summed E-state index contributed by atoms with van der Waals surface area (Å²) in [7, 11) is 1.29. The van der Waals surface area contributed by atoms with E-state index in [2.05, 4.69) is 30.8 Å². The highest BCUT2D eigenvalue weighted by Crippen LogP contribution is 2.33. The van der Waals surface area contributed by atoms with Crippen LogP contribution in [0.2, 0.25) is 0 Å². The maximum atomic E-state index is 14.3. The molecule has 3 aromatic rings. The molecular weight excluding hydrogens is 512 g/mol. The number of ether oxygens (including phenoxy) is 1. The number of halogens is 2. The van der Waals surface area contributed by atoms with E-state index in [9.17, 15) is 23.5 Å². The SMILES string of the molecule is COC(=O)NCC1CC(Nc2cc(-c3ccc4cc(C#N)cnn34)ncc2C(=O)NCC(F)(F)C(C)(C)O)C1. The van der Waals surface area contributed by atoms with Gasteiger partial charge in [0.05, 0.1) is 53.6 Å². The average Bonchev–Trinajstić information content (AvgIpc) is 3.30. The van der Waals surface area contributed by atoms with E-state index in [1.165, 1.54) is 19.5 Å². The molecule has 1 fully saturated rings. The molecule has 0 radical (unpaired) electrons. The molecule has 0 aliphatic heterocycles. The summed E-state index contributed by atoms with van der Waals surface area (Å²) in [6, 6.07) is 8.88. The van der Waals surface area contributed by atoms with Crippen LogP contribution in [-0.4, -0.2) is 69.5 Å². The maximum Gasteiger partial charge on any atom is 0.406 e. The number of alkyl halides is 2. The number of fused-ring (bicyclic) bond motifs is 1. The number of hydrogen-bond donors (Lipinski definition) is 4.